The first-order valence-corrected chi connectivity index (χ1v) is 9.17. The van der Waals surface area contributed by atoms with Crippen LogP contribution in [-0.4, -0.2) is 17.7 Å². The van der Waals surface area contributed by atoms with E-state index in [4.69, 9.17) is 0 Å². The highest BCUT2D eigenvalue weighted by molar-refractivity contribution is 7.99. The van der Waals surface area contributed by atoms with Crippen molar-refractivity contribution < 1.29 is 9.18 Å². The van der Waals surface area contributed by atoms with Crippen molar-refractivity contribution in [2.75, 3.05) is 11.9 Å². The van der Waals surface area contributed by atoms with E-state index in [2.05, 4.69) is 10.6 Å². The van der Waals surface area contributed by atoms with Crippen LogP contribution in [-0.2, 0) is 23.5 Å². The maximum Gasteiger partial charge on any atom is 0.237 e. The van der Waals surface area contributed by atoms with Gasteiger partial charge < -0.3 is 10.6 Å². The molecule has 1 aliphatic rings. The van der Waals surface area contributed by atoms with Crippen LogP contribution in [0.3, 0.4) is 0 Å². The third-order valence-corrected chi connectivity index (χ3v) is 5.39. The summed E-state index contributed by atoms with van der Waals surface area (Å²) in [6, 6.07) is 13.6. The summed E-state index contributed by atoms with van der Waals surface area (Å²) in [4.78, 5) is 12.3. The molecule has 0 radical (unpaired) electrons. The number of halogens is 2. The maximum atomic E-state index is 14.6. The minimum Gasteiger partial charge on any atom is -0.323 e. The molecule has 1 unspecified atom stereocenters. The summed E-state index contributed by atoms with van der Waals surface area (Å²) in [6.07, 6.45) is 0.656. The fourth-order valence-corrected chi connectivity index (χ4v) is 3.58. The Bertz CT molecular complexity index is 727. The molecular weight excluding hydrogens is 359 g/mol. The summed E-state index contributed by atoms with van der Waals surface area (Å²) >= 11 is 1.55. The number of hydrogen-bond acceptors (Lipinski definition) is 3. The number of nitrogens with one attached hydrogen (secondary N) is 2. The van der Waals surface area contributed by atoms with Crippen LogP contribution < -0.4 is 10.6 Å². The van der Waals surface area contributed by atoms with Gasteiger partial charge in [0, 0.05) is 12.3 Å². The van der Waals surface area contributed by atoms with Crippen molar-refractivity contribution in [1.82, 2.24) is 5.32 Å². The third kappa shape index (κ3) is 4.97. The molecule has 0 fully saturated rings. The molecule has 0 saturated carbocycles. The molecule has 0 spiro atoms. The van der Waals surface area contributed by atoms with Crippen LogP contribution in [0.2, 0.25) is 0 Å². The molecule has 1 atom stereocenters. The lowest BCUT2D eigenvalue weighted by Crippen LogP contribution is -2.26. The number of rotatable bonds is 5. The molecule has 6 heteroatoms. The highest BCUT2D eigenvalue weighted by Gasteiger charge is 2.19. The molecule has 3 rings (SSSR count). The number of benzene rings is 2. The van der Waals surface area contributed by atoms with E-state index in [-0.39, 0.29) is 35.1 Å². The topological polar surface area (TPSA) is 41.1 Å². The molecule has 1 aliphatic heterocycles. The van der Waals surface area contributed by atoms with Gasteiger partial charge in [-0.15, -0.1) is 24.2 Å². The summed E-state index contributed by atoms with van der Waals surface area (Å²) in [5, 5.41) is 5.71. The first-order chi connectivity index (χ1) is 11.6. The number of fused-ring (bicyclic) bond motifs is 1. The van der Waals surface area contributed by atoms with Crippen LogP contribution in [0, 0.1) is 5.82 Å². The van der Waals surface area contributed by atoms with E-state index in [0.717, 1.165) is 23.4 Å². The Balaban J connectivity index is 0.00000225. The van der Waals surface area contributed by atoms with E-state index in [0.29, 0.717) is 13.0 Å². The van der Waals surface area contributed by atoms with Gasteiger partial charge in [-0.1, -0.05) is 36.4 Å². The molecular formula is C19H22ClFN2OS. The smallest absolute Gasteiger partial charge is 0.237 e. The summed E-state index contributed by atoms with van der Waals surface area (Å²) in [5.41, 5.74) is 3.15. The van der Waals surface area contributed by atoms with Crippen LogP contribution in [0.1, 0.15) is 23.6 Å². The number of amides is 1. The maximum absolute atomic E-state index is 14.6. The Morgan fingerprint density at radius 3 is 2.80 bits per heavy atom. The number of carbonyl (C=O) groups excluding carboxylic acids is 1. The highest BCUT2D eigenvalue weighted by atomic mass is 35.5. The van der Waals surface area contributed by atoms with E-state index in [1.807, 2.05) is 43.3 Å². The Morgan fingerprint density at radius 1 is 1.28 bits per heavy atom. The van der Waals surface area contributed by atoms with Gasteiger partial charge in [-0.3, -0.25) is 4.79 Å². The lowest BCUT2D eigenvalue weighted by molar-refractivity contribution is -0.115. The van der Waals surface area contributed by atoms with Crippen molar-refractivity contribution in [3.63, 3.8) is 0 Å². The van der Waals surface area contributed by atoms with E-state index in [1.54, 1.807) is 17.8 Å². The molecule has 134 valence electrons. The molecule has 2 aromatic carbocycles. The van der Waals surface area contributed by atoms with Crippen molar-refractivity contribution in [2.24, 2.45) is 0 Å². The van der Waals surface area contributed by atoms with Crippen LogP contribution in [0.15, 0.2) is 42.5 Å². The molecule has 3 nitrogen and oxygen atoms in total. The second-order valence-electron chi connectivity index (χ2n) is 5.92. The van der Waals surface area contributed by atoms with Gasteiger partial charge in [-0.2, -0.15) is 0 Å². The first-order valence-electron chi connectivity index (χ1n) is 8.12. The number of thioether (sulfide) groups is 1. The molecule has 2 aromatic rings. The van der Waals surface area contributed by atoms with Gasteiger partial charge in [0.05, 0.1) is 10.9 Å². The summed E-state index contributed by atoms with van der Waals surface area (Å²) in [5.74, 6) is 0.305. The van der Waals surface area contributed by atoms with E-state index in [1.165, 1.54) is 5.56 Å². The molecule has 0 aliphatic carbocycles. The molecule has 25 heavy (non-hydrogen) atoms. The second kappa shape index (κ2) is 9.22. The molecule has 1 heterocycles. The van der Waals surface area contributed by atoms with Crippen LogP contribution in [0.25, 0.3) is 0 Å². The van der Waals surface area contributed by atoms with Crippen molar-refractivity contribution >= 4 is 35.8 Å². The Labute approximate surface area is 158 Å². The molecule has 0 aromatic heterocycles. The zero-order chi connectivity index (χ0) is 16.9. The van der Waals surface area contributed by atoms with Crippen molar-refractivity contribution in [1.29, 1.82) is 0 Å². The highest BCUT2D eigenvalue weighted by Crippen LogP contribution is 2.26. The summed E-state index contributed by atoms with van der Waals surface area (Å²) in [7, 11) is 0. The quantitative estimate of drug-likeness (QED) is 0.818. The van der Waals surface area contributed by atoms with Gasteiger partial charge in [-0.05, 0) is 42.6 Å². The Hall–Kier alpha value is -1.56. The van der Waals surface area contributed by atoms with Crippen LogP contribution in [0.5, 0.6) is 0 Å². The van der Waals surface area contributed by atoms with Crippen LogP contribution >= 0.6 is 24.2 Å². The normalized spacial score (nSPS) is 14.2. The van der Waals surface area contributed by atoms with Gasteiger partial charge in [0.2, 0.25) is 5.91 Å². The van der Waals surface area contributed by atoms with E-state index >= 15 is 0 Å². The minimum atomic E-state index is -0.289. The predicted octanol–water partition coefficient (Wildman–Crippen LogP) is 4.15. The monoisotopic (exact) mass is 380 g/mol. The lowest BCUT2D eigenvalue weighted by Gasteiger charge is -2.20. The van der Waals surface area contributed by atoms with Gasteiger partial charge in [0.25, 0.3) is 0 Å². The van der Waals surface area contributed by atoms with Crippen LogP contribution in [0.4, 0.5) is 10.1 Å². The van der Waals surface area contributed by atoms with Crippen molar-refractivity contribution in [3.8, 4) is 0 Å². The van der Waals surface area contributed by atoms with Crippen molar-refractivity contribution in [2.45, 2.75) is 30.9 Å². The average molecular weight is 381 g/mol. The largest absolute Gasteiger partial charge is 0.323 e. The van der Waals surface area contributed by atoms with Crippen molar-refractivity contribution in [3.05, 3.63) is 65.0 Å². The number of carbonyl (C=O) groups is 1. The van der Waals surface area contributed by atoms with Gasteiger partial charge >= 0.3 is 0 Å². The standard InChI is InChI=1S/C19H21FN2OS.ClH/c1-13(24-12-14-5-3-2-4-6-14)19(23)22-17-8-7-15-11-21-10-9-16(15)18(17)20;/h2-8,13,21H,9-12H2,1H3,(H,22,23);1H. The van der Waals surface area contributed by atoms with Gasteiger partial charge in [-0.25, -0.2) is 4.39 Å². The summed E-state index contributed by atoms with van der Waals surface area (Å²) < 4.78 is 14.6. The Kier molecular flexibility index (Phi) is 7.29. The average Bonchev–Trinajstić information content (AvgIpc) is 2.63. The Morgan fingerprint density at radius 2 is 2.04 bits per heavy atom. The molecule has 0 saturated heterocycles. The third-order valence-electron chi connectivity index (χ3n) is 4.18. The number of hydrogen-bond donors (Lipinski definition) is 2. The lowest BCUT2D eigenvalue weighted by atomic mass is 9.99. The zero-order valence-corrected chi connectivity index (χ0v) is 15.7. The zero-order valence-electron chi connectivity index (χ0n) is 14.0. The van der Waals surface area contributed by atoms with Gasteiger partial charge in [0.15, 0.2) is 0 Å². The summed E-state index contributed by atoms with van der Waals surface area (Å²) in [6.45, 7) is 3.30. The second-order valence-corrected chi connectivity index (χ2v) is 7.25. The predicted molar refractivity (Wildman–Crippen MR) is 105 cm³/mol. The minimum absolute atomic E-state index is 0. The first kappa shape index (κ1) is 19.8. The molecule has 2 N–H and O–H groups in total. The van der Waals surface area contributed by atoms with Gasteiger partial charge in [0.1, 0.15) is 5.82 Å². The molecule has 1 amide bonds. The SMILES string of the molecule is CC(SCc1ccccc1)C(=O)Nc1ccc2c(c1F)CCNC2.Cl. The van der Waals surface area contributed by atoms with E-state index in [9.17, 15) is 9.18 Å². The van der Waals surface area contributed by atoms with E-state index < -0.39 is 0 Å². The molecule has 0 bridgehead atoms. The number of anilines is 1. The fourth-order valence-electron chi connectivity index (χ4n) is 2.74. The fraction of sp³-hybridized carbons (Fsp3) is 0.316.